The summed E-state index contributed by atoms with van der Waals surface area (Å²) >= 11 is 0. The lowest BCUT2D eigenvalue weighted by Crippen LogP contribution is -3.00. The Hall–Kier alpha value is -0.730. The van der Waals surface area contributed by atoms with Crippen molar-refractivity contribution in [1.82, 2.24) is 4.90 Å². The average Bonchev–Trinajstić information content (AvgIpc) is 2.88. The molecule has 0 atom stereocenters. The second-order valence-electron chi connectivity index (χ2n) is 7.30. The minimum Gasteiger partial charge on any atom is -1.00 e. The number of hydrogen-bond acceptors (Lipinski definition) is 2. The number of benzene rings is 1. The number of carbonyl (C=O) groups excluding carboxylic acids is 2. The third kappa shape index (κ3) is 5.39. The van der Waals surface area contributed by atoms with Gasteiger partial charge in [0.05, 0.1) is 29.6 Å². The number of fused-ring (bicyclic) bond motifs is 1. The van der Waals surface area contributed by atoms with Crippen LogP contribution in [0, 0.1) is 0 Å². The molecule has 0 saturated heterocycles. The van der Waals surface area contributed by atoms with Gasteiger partial charge in [0.15, 0.2) is 0 Å². The van der Waals surface area contributed by atoms with E-state index in [9.17, 15) is 9.59 Å². The van der Waals surface area contributed by atoms with Crippen LogP contribution in [0.25, 0.3) is 0 Å². The van der Waals surface area contributed by atoms with E-state index in [0.717, 1.165) is 0 Å². The first-order valence-electron chi connectivity index (χ1n) is 9.89. The summed E-state index contributed by atoms with van der Waals surface area (Å²) in [5.41, 5.74) is 1.18. The summed E-state index contributed by atoms with van der Waals surface area (Å²) in [4.78, 5) is 27.2. The number of hydrogen-bond donors (Lipinski definition) is 0. The van der Waals surface area contributed by atoms with Gasteiger partial charge in [0.2, 0.25) is 0 Å². The molecule has 0 fully saturated rings. The Kier molecular flexibility index (Phi) is 10.0. The Balaban J connectivity index is 0.00000338. The van der Waals surface area contributed by atoms with Crippen LogP contribution in [-0.4, -0.2) is 41.5 Å². The number of nitrogens with zero attached hydrogens (tertiary/aromatic N) is 1. The van der Waals surface area contributed by atoms with Gasteiger partial charge in [-0.25, -0.2) is 4.90 Å². The molecule has 2 rings (SSSR count). The molecule has 0 aliphatic carbocycles. The van der Waals surface area contributed by atoms with Crippen molar-refractivity contribution in [2.45, 2.75) is 59.3 Å². The fourth-order valence-corrected chi connectivity index (χ4v) is 8.61. The van der Waals surface area contributed by atoms with Gasteiger partial charge in [0, 0.05) is 7.26 Å². The molecule has 5 heteroatoms. The molecule has 1 aromatic carbocycles. The van der Waals surface area contributed by atoms with E-state index in [1.54, 1.807) is 17.0 Å². The van der Waals surface area contributed by atoms with Crippen LogP contribution in [-0.2, 0) is 0 Å². The summed E-state index contributed by atoms with van der Waals surface area (Å²) in [5, 5.41) is 0. The highest BCUT2D eigenvalue weighted by molar-refractivity contribution is 7.75. The molecule has 0 unspecified atom stereocenters. The molecule has 146 valence electrons. The van der Waals surface area contributed by atoms with Crippen LogP contribution in [0.4, 0.5) is 0 Å². The maximum absolute atomic E-state index is 12.8. The molecule has 2 amide bonds. The normalized spacial score (nSPS) is 13.7. The second kappa shape index (κ2) is 11.2. The average molecular weight is 442 g/mol. The van der Waals surface area contributed by atoms with Crippen LogP contribution in [0.1, 0.15) is 80.0 Å². The predicted octanol–water partition coefficient (Wildman–Crippen LogP) is 2.66. The summed E-state index contributed by atoms with van der Waals surface area (Å²) in [6, 6.07) is 7.28. The first kappa shape index (κ1) is 23.3. The third-order valence-corrected chi connectivity index (χ3v) is 9.96. The number of halogens is 1. The Bertz CT molecular complexity index is 549. The van der Waals surface area contributed by atoms with Gasteiger partial charge in [-0.1, -0.05) is 52.2 Å². The van der Waals surface area contributed by atoms with Gasteiger partial charge >= 0.3 is 0 Å². The van der Waals surface area contributed by atoms with Gasteiger partial charge in [0.25, 0.3) is 11.8 Å². The van der Waals surface area contributed by atoms with Crippen molar-refractivity contribution in [1.29, 1.82) is 0 Å². The zero-order chi connectivity index (χ0) is 18.3. The number of unbranched alkanes of at least 4 members (excludes halogenated alkanes) is 3. The zero-order valence-corrected chi connectivity index (χ0v) is 18.9. The number of amides is 2. The lowest BCUT2D eigenvalue weighted by atomic mass is 10.1. The zero-order valence-electron chi connectivity index (χ0n) is 16.5. The molecule has 0 aromatic heterocycles. The molecular weight excluding hydrogens is 409 g/mol. The van der Waals surface area contributed by atoms with E-state index in [2.05, 4.69) is 20.8 Å². The van der Waals surface area contributed by atoms with Gasteiger partial charge in [-0.15, -0.1) is 0 Å². The van der Waals surface area contributed by atoms with Crippen molar-refractivity contribution in [2.75, 3.05) is 24.8 Å². The van der Waals surface area contributed by atoms with E-state index in [1.165, 1.54) is 57.0 Å². The van der Waals surface area contributed by atoms with Gasteiger partial charge < -0.3 is 17.0 Å². The Morgan fingerprint density at radius 2 is 1.15 bits per heavy atom. The molecule has 0 bridgehead atoms. The molecule has 0 N–H and O–H groups in total. The van der Waals surface area contributed by atoms with Gasteiger partial charge in [0.1, 0.15) is 6.29 Å². The highest BCUT2D eigenvalue weighted by Crippen LogP contribution is 2.61. The maximum Gasteiger partial charge on any atom is 0.264 e. The first-order valence-corrected chi connectivity index (χ1v) is 12.4. The molecule has 3 nitrogen and oxygen atoms in total. The summed E-state index contributed by atoms with van der Waals surface area (Å²) in [6.45, 7) is 6.70. The van der Waals surface area contributed by atoms with Crippen LogP contribution in [0.2, 0.25) is 0 Å². The quantitative estimate of drug-likeness (QED) is 0.391. The first-order chi connectivity index (χ1) is 12.1. The van der Waals surface area contributed by atoms with Crippen molar-refractivity contribution in [3.8, 4) is 0 Å². The predicted molar refractivity (Wildman–Crippen MR) is 108 cm³/mol. The molecule has 0 radical (unpaired) electrons. The molecule has 1 aliphatic heterocycles. The van der Waals surface area contributed by atoms with Gasteiger partial charge in [-0.2, -0.15) is 0 Å². The molecule has 0 spiro atoms. The fraction of sp³-hybridized carbons (Fsp3) is 0.619. The van der Waals surface area contributed by atoms with E-state index >= 15 is 0 Å². The standard InChI is InChI=1S/C21H33NO2P.BrH/c1-4-7-14-25(15-8-5-2,16-9-6-3)17-22-20(23)18-12-10-11-13-19(18)21(22)24;/h10-13H,4-9,14-17H2,1-3H3;1H/q+1;/p-1. The van der Waals surface area contributed by atoms with Crippen LogP contribution >= 0.6 is 7.26 Å². The fourth-order valence-electron chi connectivity index (χ4n) is 3.70. The third-order valence-electron chi connectivity index (χ3n) is 5.28. The Labute approximate surface area is 170 Å². The molecule has 0 saturated carbocycles. The summed E-state index contributed by atoms with van der Waals surface area (Å²) in [5.74, 6) is -0.149. The van der Waals surface area contributed by atoms with E-state index in [4.69, 9.17) is 0 Å². The van der Waals surface area contributed by atoms with E-state index in [1.807, 2.05) is 12.1 Å². The monoisotopic (exact) mass is 441 g/mol. The molecule has 1 aliphatic rings. The molecule has 1 heterocycles. The van der Waals surface area contributed by atoms with E-state index < -0.39 is 7.26 Å². The minimum absolute atomic E-state index is 0. The van der Waals surface area contributed by atoms with E-state index in [-0.39, 0.29) is 28.8 Å². The van der Waals surface area contributed by atoms with Crippen LogP contribution in [0.15, 0.2) is 24.3 Å². The SMILES string of the molecule is CCCC[P+](CCCC)(CCCC)CN1C(=O)c2ccccc2C1=O.[Br-]. The molecular formula is C21H33BrNO2P. The Morgan fingerprint density at radius 3 is 1.50 bits per heavy atom. The maximum atomic E-state index is 12.8. The van der Waals surface area contributed by atoms with Crippen LogP contribution in [0.3, 0.4) is 0 Å². The topological polar surface area (TPSA) is 37.4 Å². The molecule has 26 heavy (non-hydrogen) atoms. The van der Waals surface area contributed by atoms with Crippen molar-refractivity contribution in [2.24, 2.45) is 0 Å². The number of imide groups is 1. The minimum atomic E-state index is -1.31. The lowest BCUT2D eigenvalue weighted by molar-refractivity contribution is -0.0000273. The van der Waals surface area contributed by atoms with Crippen molar-refractivity contribution in [3.63, 3.8) is 0 Å². The van der Waals surface area contributed by atoms with Crippen LogP contribution < -0.4 is 17.0 Å². The van der Waals surface area contributed by atoms with Crippen LogP contribution in [0.5, 0.6) is 0 Å². The van der Waals surface area contributed by atoms with Crippen molar-refractivity contribution < 1.29 is 26.6 Å². The van der Waals surface area contributed by atoms with E-state index in [0.29, 0.717) is 17.4 Å². The van der Waals surface area contributed by atoms with Crippen molar-refractivity contribution in [3.05, 3.63) is 35.4 Å². The summed E-state index contributed by atoms with van der Waals surface area (Å²) in [6.07, 6.45) is 11.5. The Morgan fingerprint density at radius 1 is 0.769 bits per heavy atom. The summed E-state index contributed by atoms with van der Waals surface area (Å²) in [7, 11) is -1.31. The van der Waals surface area contributed by atoms with Crippen molar-refractivity contribution >= 4 is 19.1 Å². The van der Waals surface area contributed by atoms with Gasteiger partial charge in [-0.3, -0.25) is 9.59 Å². The summed E-state index contributed by atoms with van der Waals surface area (Å²) < 4.78 is 0. The lowest BCUT2D eigenvalue weighted by Gasteiger charge is -2.31. The van der Waals surface area contributed by atoms with Gasteiger partial charge in [-0.05, 0) is 31.4 Å². The smallest absolute Gasteiger partial charge is 0.264 e. The second-order valence-corrected chi connectivity index (χ2v) is 11.6. The number of rotatable bonds is 11. The highest BCUT2D eigenvalue weighted by atomic mass is 79.9. The highest BCUT2D eigenvalue weighted by Gasteiger charge is 2.45. The largest absolute Gasteiger partial charge is 1.00 e. The molecule has 1 aromatic rings. The number of carbonyl (C=O) groups is 2.